The third kappa shape index (κ3) is 3.31. The van der Waals surface area contributed by atoms with E-state index in [1.165, 1.54) is 24.8 Å². The Morgan fingerprint density at radius 1 is 1.28 bits per heavy atom. The van der Waals surface area contributed by atoms with E-state index < -0.39 is 0 Å². The van der Waals surface area contributed by atoms with Crippen LogP contribution >= 0.6 is 0 Å². The molecule has 0 aliphatic carbocycles. The molecule has 3 nitrogen and oxygen atoms in total. The van der Waals surface area contributed by atoms with Crippen molar-refractivity contribution in [2.75, 3.05) is 6.54 Å². The number of nitrogens with zero attached hydrogens (tertiary/aromatic N) is 1. The summed E-state index contributed by atoms with van der Waals surface area (Å²) in [6, 6.07) is 8.97. The van der Waals surface area contributed by atoms with E-state index in [1.807, 2.05) is 12.1 Å². The van der Waals surface area contributed by atoms with Crippen LogP contribution in [0.1, 0.15) is 37.3 Å². The average Bonchev–Trinajstić information content (AvgIpc) is 2.40. The second kappa shape index (κ2) is 6.32. The first-order valence-corrected chi connectivity index (χ1v) is 6.89. The van der Waals surface area contributed by atoms with Crippen molar-refractivity contribution in [3.05, 3.63) is 35.4 Å². The summed E-state index contributed by atoms with van der Waals surface area (Å²) in [6.07, 6.45) is 3.79. The van der Waals surface area contributed by atoms with Crippen molar-refractivity contribution in [1.82, 2.24) is 4.90 Å². The maximum absolute atomic E-state index is 9.04. The van der Waals surface area contributed by atoms with Crippen molar-refractivity contribution in [1.29, 1.82) is 0 Å². The first kappa shape index (κ1) is 13.5. The maximum Gasteiger partial charge on any atom is 0.0681 e. The monoisotopic (exact) mass is 248 g/mol. The molecule has 1 aromatic carbocycles. The van der Waals surface area contributed by atoms with Crippen LogP contribution in [0.2, 0.25) is 0 Å². The lowest BCUT2D eigenvalue weighted by molar-refractivity contribution is 0.123. The third-order valence-electron chi connectivity index (χ3n) is 3.86. The fraction of sp³-hybridized carbons (Fsp3) is 0.600. The van der Waals surface area contributed by atoms with E-state index in [2.05, 4.69) is 24.0 Å². The molecule has 0 bridgehead atoms. The van der Waals surface area contributed by atoms with Crippen molar-refractivity contribution in [2.45, 2.75) is 51.4 Å². The van der Waals surface area contributed by atoms with Gasteiger partial charge in [0.15, 0.2) is 0 Å². The fourth-order valence-electron chi connectivity index (χ4n) is 2.79. The van der Waals surface area contributed by atoms with E-state index in [9.17, 15) is 0 Å². The number of likely N-dealkylation sites (tertiary alicyclic amines) is 1. The van der Waals surface area contributed by atoms with Crippen molar-refractivity contribution < 1.29 is 5.11 Å². The molecule has 1 aliphatic heterocycles. The molecule has 18 heavy (non-hydrogen) atoms. The van der Waals surface area contributed by atoms with E-state index in [0.717, 1.165) is 18.7 Å². The highest BCUT2D eigenvalue weighted by Crippen LogP contribution is 2.21. The number of rotatable bonds is 4. The summed E-state index contributed by atoms with van der Waals surface area (Å²) in [5.74, 6) is 0. The molecule has 1 saturated heterocycles. The minimum Gasteiger partial charge on any atom is -0.392 e. The zero-order valence-corrected chi connectivity index (χ0v) is 11.2. The molecule has 3 heteroatoms. The predicted octanol–water partition coefficient (Wildman–Crippen LogP) is 1.88. The molecule has 1 fully saturated rings. The van der Waals surface area contributed by atoms with E-state index >= 15 is 0 Å². The van der Waals surface area contributed by atoms with E-state index in [-0.39, 0.29) is 12.6 Å². The SMILES string of the molecule is CC(N)C1CCCCN1Cc1ccc(CO)cc1. The van der Waals surface area contributed by atoms with E-state index in [1.54, 1.807) is 0 Å². The smallest absolute Gasteiger partial charge is 0.0681 e. The van der Waals surface area contributed by atoms with Gasteiger partial charge in [-0.05, 0) is 37.4 Å². The van der Waals surface area contributed by atoms with Gasteiger partial charge in [-0.15, -0.1) is 0 Å². The molecule has 100 valence electrons. The molecule has 0 aromatic heterocycles. The lowest BCUT2D eigenvalue weighted by Crippen LogP contribution is -2.48. The molecule has 2 unspecified atom stereocenters. The lowest BCUT2D eigenvalue weighted by atomic mass is 9.96. The Kier molecular flexibility index (Phi) is 4.75. The van der Waals surface area contributed by atoms with Crippen LogP contribution in [0.5, 0.6) is 0 Å². The number of nitrogens with two attached hydrogens (primary N) is 1. The van der Waals surface area contributed by atoms with Gasteiger partial charge in [-0.25, -0.2) is 0 Å². The van der Waals surface area contributed by atoms with Gasteiger partial charge >= 0.3 is 0 Å². The lowest BCUT2D eigenvalue weighted by Gasteiger charge is -2.38. The molecule has 1 aromatic rings. The molecule has 2 rings (SSSR count). The minimum atomic E-state index is 0.118. The number of hydrogen-bond donors (Lipinski definition) is 2. The van der Waals surface area contributed by atoms with Crippen LogP contribution < -0.4 is 5.73 Å². The fourth-order valence-corrected chi connectivity index (χ4v) is 2.79. The molecule has 0 amide bonds. The van der Waals surface area contributed by atoms with Crippen molar-refractivity contribution in [3.8, 4) is 0 Å². The topological polar surface area (TPSA) is 49.5 Å². The van der Waals surface area contributed by atoms with Crippen LogP contribution in [0.15, 0.2) is 24.3 Å². The highest BCUT2D eigenvalue weighted by Gasteiger charge is 2.25. The Labute approximate surface area is 110 Å². The van der Waals surface area contributed by atoms with Crippen molar-refractivity contribution in [3.63, 3.8) is 0 Å². The molecular formula is C15H24N2O. The van der Waals surface area contributed by atoms with Gasteiger partial charge in [0.05, 0.1) is 6.61 Å². The van der Waals surface area contributed by atoms with Crippen LogP contribution in [0.3, 0.4) is 0 Å². The Bertz CT molecular complexity index is 361. The minimum absolute atomic E-state index is 0.118. The zero-order chi connectivity index (χ0) is 13.0. The highest BCUT2D eigenvalue weighted by molar-refractivity contribution is 5.22. The molecule has 0 spiro atoms. The van der Waals surface area contributed by atoms with Gasteiger partial charge in [-0.3, -0.25) is 4.90 Å². The predicted molar refractivity (Wildman–Crippen MR) is 74.1 cm³/mol. The van der Waals surface area contributed by atoms with Crippen LogP contribution in [0.25, 0.3) is 0 Å². The normalized spacial score (nSPS) is 22.9. The van der Waals surface area contributed by atoms with Gasteiger partial charge < -0.3 is 10.8 Å². The summed E-state index contributed by atoms with van der Waals surface area (Å²) in [6.45, 7) is 4.34. The van der Waals surface area contributed by atoms with Gasteiger partial charge in [0.2, 0.25) is 0 Å². The van der Waals surface area contributed by atoms with Gasteiger partial charge in [0, 0.05) is 18.6 Å². The summed E-state index contributed by atoms with van der Waals surface area (Å²) in [7, 11) is 0. The average molecular weight is 248 g/mol. The summed E-state index contributed by atoms with van der Waals surface area (Å²) < 4.78 is 0. The first-order valence-electron chi connectivity index (χ1n) is 6.89. The van der Waals surface area contributed by atoms with Crippen molar-refractivity contribution >= 4 is 0 Å². The van der Waals surface area contributed by atoms with Crippen LogP contribution in [-0.4, -0.2) is 28.6 Å². The molecule has 1 aliphatic rings. The quantitative estimate of drug-likeness (QED) is 0.855. The Balaban J connectivity index is 2.01. The Morgan fingerprint density at radius 3 is 2.56 bits per heavy atom. The summed E-state index contributed by atoms with van der Waals surface area (Å²) in [4.78, 5) is 2.50. The number of benzene rings is 1. The van der Waals surface area contributed by atoms with Crippen LogP contribution in [0.4, 0.5) is 0 Å². The van der Waals surface area contributed by atoms with Gasteiger partial charge in [-0.2, -0.15) is 0 Å². The standard InChI is InChI=1S/C15H24N2O/c1-12(16)15-4-2-3-9-17(15)10-13-5-7-14(11-18)8-6-13/h5-8,12,15,18H,2-4,9-11,16H2,1H3. The number of hydrogen-bond acceptors (Lipinski definition) is 3. The third-order valence-corrected chi connectivity index (χ3v) is 3.86. The number of piperidine rings is 1. The molecule has 1 heterocycles. The van der Waals surface area contributed by atoms with Crippen LogP contribution in [-0.2, 0) is 13.2 Å². The molecule has 2 atom stereocenters. The first-order chi connectivity index (χ1) is 8.70. The van der Waals surface area contributed by atoms with Gasteiger partial charge in [0.1, 0.15) is 0 Å². The largest absolute Gasteiger partial charge is 0.392 e. The summed E-state index contributed by atoms with van der Waals surface area (Å²) in [5, 5.41) is 9.04. The van der Waals surface area contributed by atoms with Crippen molar-refractivity contribution in [2.24, 2.45) is 5.73 Å². The highest BCUT2D eigenvalue weighted by atomic mass is 16.3. The van der Waals surface area contributed by atoms with Gasteiger partial charge in [-0.1, -0.05) is 30.7 Å². The van der Waals surface area contributed by atoms with Gasteiger partial charge in [0.25, 0.3) is 0 Å². The van der Waals surface area contributed by atoms with Crippen LogP contribution in [0, 0.1) is 0 Å². The maximum atomic E-state index is 9.04. The Morgan fingerprint density at radius 2 is 1.94 bits per heavy atom. The molecule has 0 saturated carbocycles. The number of aliphatic hydroxyl groups is 1. The van der Waals surface area contributed by atoms with E-state index in [4.69, 9.17) is 10.8 Å². The number of aliphatic hydroxyl groups excluding tert-OH is 1. The second-order valence-electron chi connectivity index (χ2n) is 5.37. The molecule has 3 N–H and O–H groups in total. The zero-order valence-electron chi connectivity index (χ0n) is 11.2. The molecule has 0 radical (unpaired) electrons. The molecular weight excluding hydrogens is 224 g/mol. The second-order valence-corrected chi connectivity index (χ2v) is 5.37. The summed E-state index contributed by atoms with van der Waals surface area (Å²) >= 11 is 0. The summed E-state index contributed by atoms with van der Waals surface area (Å²) in [5.41, 5.74) is 8.36. The Hall–Kier alpha value is -0.900. The van der Waals surface area contributed by atoms with E-state index in [0.29, 0.717) is 6.04 Å².